The van der Waals surface area contributed by atoms with Crippen LogP contribution in [0.2, 0.25) is 0 Å². The number of benzene rings is 2. The molecule has 186 valence electrons. The molecule has 35 heavy (non-hydrogen) atoms. The van der Waals surface area contributed by atoms with Crippen molar-refractivity contribution in [2.75, 3.05) is 26.7 Å². The lowest BCUT2D eigenvalue weighted by molar-refractivity contribution is -0.146. The number of carbonyl (C=O) groups is 1. The van der Waals surface area contributed by atoms with E-state index in [-0.39, 0.29) is 11.7 Å². The van der Waals surface area contributed by atoms with Crippen LogP contribution in [0.15, 0.2) is 54.7 Å². The number of methoxy groups -OCH3 is 1. The summed E-state index contributed by atoms with van der Waals surface area (Å²) in [5.74, 6) is -0.722. The van der Waals surface area contributed by atoms with Crippen molar-refractivity contribution in [1.82, 2.24) is 9.88 Å². The quantitative estimate of drug-likeness (QED) is 0.432. The van der Waals surface area contributed by atoms with E-state index in [9.17, 15) is 19.4 Å². The second kappa shape index (κ2) is 11.6. The summed E-state index contributed by atoms with van der Waals surface area (Å²) in [5, 5.41) is 21.7. The summed E-state index contributed by atoms with van der Waals surface area (Å²) in [7, 11) is 1.61. The van der Waals surface area contributed by atoms with E-state index in [1.165, 1.54) is 12.1 Å². The van der Waals surface area contributed by atoms with Gasteiger partial charge < -0.3 is 19.8 Å². The first-order chi connectivity index (χ1) is 16.9. The van der Waals surface area contributed by atoms with E-state index < -0.39 is 18.0 Å². The molecule has 0 saturated carbocycles. The van der Waals surface area contributed by atoms with Crippen LogP contribution in [0.3, 0.4) is 0 Å². The summed E-state index contributed by atoms with van der Waals surface area (Å²) in [6, 6.07) is 14.0. The summed E-state index contributed by atoms with van der Waals surface area (Å²) in [6.07, 6.45) is 4.68. The van der Waals surface area contributed by atoms with Crippen molar-refractivity contribution in [2.24, 2.45) is 11.8 Å². The predicted octanol–water partition coefficient (Wildman–Crippen LogP) is 4.85. The number of piperidine rings is 1. The molecule has 3 aromatic rings. The highest BCUT2D eigenvalue weighted by molar-refractivity contribution is 5.83. The molecule has 1 aliphatic heterocycles. The molecule has 1 saturated heterocycles. The zero-order chi connectivity index (χ0) is 24.8. The van der Waals surface area contributed by atoms with E-state index >= 15 is 0 Å². The molecule has 3 atom stereocenters. The van der Waals surface area contributed by atoms with Gasteiger partial charge in [0.1, 0.15) is 11.6 Å². The van der Waals surface area contributed by atoms with E-state index in [2.05, 4.69) is 9.88 Å². The molecule has 0 aliphatic carbocycles. The Morgan fingerprint density at radius 2 is 2.03 bits per heavy atom. The number of pyridine rings is 1. The molecule has 1 fully saturated rings. The minimum absolute atomic E-state index is 0.0261. The van der Waals surface area contributed by atoms with Crippen LogP contribution in [0.5, 0.6) is 5.75 Å². The van der Waals surface area contributed by atoms with Crippen molar-refractivity contribution in [2.45, 2.75) is 38.2 Å². The van der Waals surface area contributed by atoms with Crippen LogP contribution < -0.4 is 4.74 Å². The van der Waals surface area contributed by atoms with Crippen LogP contribution >= 0.6 is 0 Å². The number of aliphatic carboxylic acids is 1. The lowest BCUT2D eigenvalue weighted by Crippen LogP contribution is -2.44. The Labute approximate surface area is 205 Å². The molecule has 2 heterocycles. The fourth-order valence-corrected chi connectivity index (χ4v) is 5.15. The molecule has 0 unspecified atom stereocenters. The number of ether oxygens (including phenoxy) is 1. The van der Waals surface area contributed by atoms with Crippen LogP contribution in [0.25, 0.3) is 10.9 Å². The van der Waals surface area contributed by atoms with E-state index in [1.807, 2.05) is 24.3 Å². The maximum atomic E-state index is 13.1. The number of carboxylic acids is 1. The van der Waals surface area contributed by atoms with E-state index in [4.69, 9.17) is 4.74 Å². The smallest absolute Gasteiger partial charge is 0.308 e. The standard InChI is InChI=1S/C28H33FN2O4/c1-35-22-9-10-26-24(17-22)23(12-14-30-26)27(32)11-6-20-13-16-31(18-25(20)28(33)34)15-2-3-19-4-7-21(29)8-5-19/h4-5,7-10,12,14,17,20,25,27,32H,2-3,6,11,13,15-16,18H2,1H3,(H,33,34)/t20-,25+,27+/m1/s1. The van der Waals surface area contributed by atoms with Crippen LogP contribution in [-0.2, 0) is 11.2 Å². The average molecular weight is 481 g/mol. The number of aromatic nitrogens is 1. The van der Waals surface area contributed by atoms with Crippen molar-refractivity contribution in [1.29, 1.82) is 0 Å². The van der Waals surface area contributed by atoms with Crippen molar-refractivity contribution in [3.8, 4) is 5.75 Å². The monoisotopic (exact) mass is 480 g/mol. The largest absolute Gasteiger partial charge is 0.497 e. The van der Waals surface area contributed by atoms with Crippen LogP contribution in [0.1, 0.15) is 42.9 Å². The molecule has 0 bridgehead atoms. The molecule has 2 aromatic carbocycles. The third-order valence-electron chi connectivity index (χ3n) is 7.16. The molecule has 7 heteroatoms. The lowest BCUT2D eigenvalue weighted by atomic mass is 9.81. The number of hydrogen-bond donors (Lipinski definition) is 2. The van der Waals surface area contributed by atoms with Gasteiger partial charge >= 0.3 is 5.97 Å². The number of aliphatic hydroxyl groups excluding tert-OH is 1. The highest BCUT2D eigenvalue weighted by Crippen LogP contribution is 2.33. The summed E-state index contributed by atoms with van der Waals surface area (Å²) >= 11 is 0. The van der Waals surface area contributed by atoms with Gasteiger partial charge in [0.2, 0.25) is 0 Å². The van der Waals surface area contributed by atoms with Gasteiger partial charge in [-0.05, 0) is 98.6 Å². The number of aliphatic hydroxyl groups is 1. The van der Waals surface area contributed by atoms with Crippen molar-refractivity contribution < 1.29 is 24.1 Å². The molecule has 4 rings (SSSR count). The van der Waals surface area contributed by atoms with E-state index in [0.717, 1.165) is 54.4 Å². The molecule has 0 amide bonds. The molecule has 0 spiro atoms. The third-order valence-corrected chi connectivity index (χ3v) is 7.16. The number of aryl methyl sites for hydroxylation is 1. The predicted molar refractivity (Wildman–Crippen MR) is 133 cm³/mol. The Morgan fingerprint density at radius 1 is 1.23 bits per heavy atom. The molecular formula is C28H33FN2O4. The maximum Gasteiger partial charge on any atom is 0.308 e. The maximum absolute atomic E-state index is 13.1. The van der Waals surface area contributed by atoms with Crippen LogP contribution in [0, 0.1) is 17.7 Å². The topological polar surface area (TPSA) is 82.9 Å². The number of halogens is 1. The van der Waals surface area contributed by atoms with E-state index in [1.54, 1.807) is 25.4 Å². The molecule has 6 nitrogen and oxygen atoms in total. The summed E-state index contributed by atoms with van der Waals surface area (Å²) in [4.78, 5) is 18.6. The van der Waals surface area contributed by atoms with Gasteiger partial charge in [-0.1, -0.05) is 12.1 Å². The summed E-state index contributed by atoms with van der Waals surface area (Å²) in [5.41, 5.74) is 2.67. The van der Waals surface area contributed by atoms with E-state index in [0.29, 0.717) is 25.1 Å². The fourth-order valence-electron chi connectivity index (χ4n) is 5.15. The molecule has 2 N–H and O–H groups in total. The van der Waals surface area contributed by atoms with Gasteiger partial charge in [0, 0.05) is 18.1 Å². The Kier molecular flexibility index (Phi) is 8.31. The number of nitrogens with zero attached hydrogens (tertiary/aromatic N) is 2. The average Bonchev–Trinajstić information content (AvgIpc) is 2.88. The Morgan fingerprint density at radius 3 is 2.77 bits per heavy atom. The SMILES string of the molecule is COc1ccc2nccc([C@@H](O)CC[C@@H]3CCN(CCCc4ccc(F)cc4)C[C@@H]3C(=O)O)c2c1. The first-order valence-corrected chi connectivity index (χ1v) is 12.2. The van der Waals surface area contributed by atoms with Crippen molar-refractivity contribution in [3.63, 3.8) is 0 Å². The Bertz CT molecular complexity index is 1140. The normalized spacial score (nSPS) is 19.5. The van der Waals surface area contributed by atoms with Gasteiger partial charge in [-0.15, -0.1) is 0 Å². The van der Waals surface area contributed by atoms with Crippen LogP contribution in [-0.4, -0.2) is 52.8 Å². The number of fused-ring (bicyclic) bond motifs is 1. The summed E-state index contributed by atoms with van der Waals surface area (Å²) in [6.45, 7) is 2.19. The minimum Gasteiger partial charge on any atom is -0.497 e. The highest BCUT2D eigenvalue weighted by Gasteiger charge is 2.34. The first kappa shape index (κ1) is 25.1. The van der Waals surface area contributed by atoms with Gasteiger partial charge in [-0.3, -0.25) is 9.78 Å². The zero-order valence-corrected chi connectivity index (χ0v) is 20.1. The number of rotatable bonds is 10. The highest BCUT2D eigenvalue weighted by atomic mass is 19.1. The molecule has 1 aromatic heterocycles. The number of carboxylic acid groups (broad SMARTS) is 1. The number of hydrogen-bond acceptors (Lipinski definition) is 5. The van der Waals surface area contributed by atoms with Gasteiger partial charge in [-0.2, -0.15) is 0 Å². The Hall–Kier alpha value is -3.03. The van der Waals surface area contributed by atoms with Gasteiger partial charge in [0.05, 0.1) is 24.6 Å². The Balaban J connectivity index is 1.32. The fraction of sp³-hybridized carbons (Fsp3) is 0.429. The third kappa shape index (κ3) is 6.35. The van der Waals surface area contributed by atoms with Crippen LogP contribution in [0.4, 0.5) is 4.39 Å². The first-order valence-electron chi connectivity index (χ1n) is 12.2. The summed E-state index contributed by atoms with van der Waals surface area (Å²) < 4.78 is 18.4. The van der Waals surface area contributed by atoms with Gasteiger partial charge in [-0.25, -0.2) is 4.39 Å². The van der Waals surface area contributed by atoms with Crippen molar-refractivity contribution in [3.05, 3.63) is 71.7 Å². The number of likely N-dealkylation sites (tertiary alicyclic amines) is 1. The molecular weight excluding hydrogens is 447 g/mol. The van der Waals surface area contributed by atoms with Gasteiger partial charge in [0.25, 0.3) is 0 Å². The second-order valence-electron chi connectivity index (χ2n) is 9.40. The lowest BCUT2D eigenvalue weighted by Gasteiger charge is -2.37. The zero-order valence-electron chi connectivity index (χ0n) is 20.1. The minimum atomic E-state index is -0.771. The molecule has 1 aliphatic rings. The van der Waals surface area contributed by atoms with Gasteiger partial charge in [0.15, 0.2) is 0 Å². The second-order valence-corrected chi connectivity index (χ2v) is 9.40. The molecule has 0 radical (unpaired) electrons. The van der Waals surface area contributed by atoms with Crippen molar-refractivity contribution >= 4 is 16.9 Å².